The number of ether oxygens (including phenoxy) is 1. The second-order valence-corrected chi connectivity index (χ2v) is 5.61. The largest absolute Gasteiger partial charge is 0.416 e. The molecular formula is C14H19BrF3NO. The Morgan fingerprint density at radius 3 is 2.50 bits per heavy atom. The zero-order valence-corrected chi connectivity index (χ0v) is 13.3. The molecule has 0 heterocycles. The van der Waals surface area contributed by atoms with E-state index in [2.05, 4.69) is 21.2 Å². The van der Waals surface area contributed by atoms with Crippen LogP contribution in [0.25, 0.3) is 0 Å². The zero-order chi connectivity index (χ0) is 15.3. The average molecular weight is 354 g/mol. The number of benzene rings is 1. The van der Waals surface area contributed by atoms with Gasteiger partial charge in [0.05, 0.1) is 5.56 Å². The van der Waals surface area contributed by atoms with E-state index < -0.39 is 11.7 Å². The van der Waals surface area contributed by atoms with Crippen LogP contribution in [-0.2, 0) is 10.9 Å². The lowest BCUT2D eigenvalue weighted by Crippen LogP contribution is -2.25. The van der Waals surface area contributed by atoms with Crippen molar-refractivity contribution in [3.05, 3.63) is 33.8 Å². The Hall–Kier alpha value is -0.590. The lowest BCUT2D eigenvalue weighted by molar-refractivity contribution is -0.137. The molecule has 0 aliphatic rings. The minimum Gasteiger partial charge on any atom is -0.385 e. The van der Waals surface area contributed by atoms with Gasteiger partial charge in [0.15, 0.2) is 0 Å². The maximum absolute atomic E-state index is 12.8. The highest BCUT2D eigenvalue weighted by Gasteiger charge is 2.32. The maximum Gasteiger partial charge on any atom is 0.416 e. The van der Waals surface area contributed by atoms with Crippen LogP contribution in [0.3, 0.4) is 0 Å². The van der Waals surface area contributed by atoms with Crippen LogP contribution in [0.5, 0.6) is 0 Å². The fourth-order valence-corrected chi connectivity index (χ4v) is 2.67. The van der Waals surface area contributed by atoms with Gasteiger partial charge >= 0.3 is 6.18 Å². The van der Waals surface area contributed by atoms with E-state index in [1.54, 1.807) is 14.2 Å². The number of halogens is 4. The molecule has 2 atom stereocenters. The monoisotopic (exact) mass is 353 g/mol. The molecule has 2 nitrogen and oxygen atoms in total. The number of hydrogen-bond acceptors (Lipinski definition) is 2. The Labute approximate surface area is 125 Å². The van der Waals surface area contributed by atoms with Crippen LogP contribution in [0.1, 0.15) is 30.5 Å². The van der Waals surface area contributed by atoms with Crippen LogP contribution in [-0.4, -0.2) is 20.8 Å². The Balaban J connectivity index is 3.08. The summed E-state index contributed by atoms with van der Waals surface area (Å²) in [6, 6.07) is 3.57. The summed E-state index contributed by atoms with van der Waals surface area (Å²) in [6.07, 6.45) is -3.56. The molecule has 1 aromatic carbocycles. The predicted octanol–water partition coefficient (Wildman–Crippen LogP) is 4.40. The summed E-state index contributed by atoms with van der Waals surface area (Å²) < 4.78 is 44.2. The molecular weight excluding hydrogens is 335 g/mol. The molecule has 20 heavy (non-hydrogen) atoms. The van der Waals surface area contributed by atoms with Crippen LogP contribution in [0.15, 0.2) is 22.7 Å². The molecule has 0 amide bonds. The fourth-order valence-electron chi connectivity index (χ4n) is 2.18. The highest BCUT2D eigenvalue weighted by Crippen LogP contribution is 2.36. The van der Waals surface area contributed by atoms with Gasteiger partial charge in [0.2, 0.25) is 0 Å². The van der Waals surface area contributed by atoms with E-state index in [0.717, 1.165) is 12.5 Å². The Morgan fingerprint density at radius 1 is 1.35 bits per heavy atom. The summed E-state index contributed by atoms with van der Waals surface area (Å²) >= 11 is 3.34. The number of nitrogens with one attached hydrogen (secondary N) is 1. The number of methoxy groups -OCH3 is 1. The highest BCUT2D eigenvalue weighted by atomic mass is 79.9. The van der Waals surface area contributed by atoms with E-state index in [0.29, 0.717) is 16.6 Å². The highest BCUT2D eigenvalue weighted by molar-refractivity contribution is 9.10. The molecule has 6 heteroatoms. The Morgan fingerprint density at radius 2 is 2.00 bits per heavy atom. The van der Waals surface area contributed by atoms with Crippen molar-refractivity contribution in [1.29, 1.82) is 0 Å². The van der Waals surface area contributed by atoms with Gasteiger partial charge in [-0.2, -0.15) is 13.2 Å². The minimum atomic E-state index is -4.33. The smallest absolute Gasteiger partial charge is 0.385 e. The van der Waals surface area contributed by atoms with Crippen LogP contribution in [0, 0.1) is 5.92 Å². The molecule has 0 aliphatic carbocycles. The van der Waals surface area contributed by atoms with Crippen molar-refractivity contribution in [3.63, 3.8) is 0 Å². The number of hydrogen-bond donors (Lipinski definition) is 1. The molecule has 0 fully saturated rings. The molecule has 1 N–H and O–H groups in total. The molecule has 2 unspecified atom stereocenters. The van der Waals surface area contributed by atoms with Gasteiger partial charge in [0, 0.05) is 24.2 Å². The molecule has 0 aliphatic heterocycles. The van der Waals surface area contributed by atoms with Crippen LogP contribution in [0.4, 0.5) is 13.2 Å². The van der Waals surface area contributed by atoms with Crippen molar-refractivity contribution in [1.82, 2.24) is 5.32 Å². The van der Waals surface area contributed by atoms with Gasteiger partial charge in [-0.25, -0.2) is 0 Å². The van der Waals surface area contributed by atoms with Crippen LogP contribution >= 0.6 is 15.9 Å². The molecule has 0 radical (unpaired) electrons. The summed E-state index contributed by atoms with van der Waals surface area (Å²) in [5.41, 5.74) is -0.0131. The van der Waals surface area contributed by atoms with E-state index in [4.69, 9.17) is 4.74 Å². The van der Waals surface area contributed by atoms with Gasteiger partial charge in [-0.3, -0.25) is 0 Å². The second-order valence-electron chi connectivity index (χ2n) is 4.76. The van der Waals surface area contributed by atoms with Gasteiger partial charge in [-0.15, -0.1) is 0 Å². The molecule has 0 saturated carbocycles. The standard InChI is InChI=1S/C14H19BrF3NO/c1-9(6-7-20-3)13(19-2)11-8-10(14(16,17)18)4-5-12(11)15/h4-5,8-9,13,19H,6-7H2,1-3H3. The SMILES string of the molecule is CNC(c1cc(C(F)(F)F)ccc1Br)C(C)CCOC. The van der Waals surface area contributed by atoms with E-state index in [1.165, 1.54) is 12.1 Å². The molecule has 1 aromatic rings. The Kier molecular flexibility index (Phi) is 6.48. The predicted molar refractivity (Wildman–Crippen MR) is 76.6 cm³/mol. The van der Waals surface area contributed by atoms with Gasteiger partial charge in [0.1, 0.15) is 0 Å². The summed E-state index contributed by atoms with van der Waals surface area (Å²) in [6.45, 7) is 2.57. The van der Waals surface area contributed by atoms with Crippen molar-refractivity contribution in [2.45, 2.75) is 25.6 Å². The van der Waals surface area contributed by atoms with Crippen LogP contribution in [0.2, 0.25) is 0 Å². The van der Waals surface area contributed by atoms with Crippen molar-refractivity contribution in [2.75, 3.05) is 20.8 Å². The van der Waals surface area contributed by atoms with E-state index in [1.807, 2.05) is 6.92 Å². The second kappa shape index (κ2) is 7.43. The lowest BCUT2D eigenvalue weighted by atomic mass is 9.91. The maximum atomic E-state index is 12.8. The van der Waals surface area contributed by atoms with Crippen molar-refractivity contribution in [2.24, 2.45) is 5.92 Å². The van der Waals surface area contributed by atoms with E-state index in [9.17, 15) is 13.2 Å². The molecule has 0 spiro atoms. The van der Waals surface area contributed by atoms with Gasteiger partial charge in [-0.05, 0) is 43.1 Å². The summed E-state index contributed by atoms with van der Waals surface area (Å²) in [4.78, 5) is 0. The first-order valence-corrected chi connectivity index (χ1v) is 7.13. The fraction of sp³-hybridized carbons (Fsp3) is 0.571. The minimum absolute atomic E-state index is 0.153. The first-order valence-electron chi connectivity index (χ1n) is 6.34. The third kappa shape index (κ3) is 4.46. The molecule has 0 saturated heterocycles. The van der Waals surface area contributed by atoms with Gasteiger partial charge < -0.3 is 10.1 Å². The quantitative estimate of drug-likeness (QED) is 0.818. The van der Waals surface area contributed by atoms with Crippen molar-refractivity contribution < 1.29 is 17.9 Å². The molecule has 114 valence electrons. The topological polar surface area (TPSA) is 21.3 Å². The van der Waals surface area contributed by atoms with Gasteiger partial charge in [0.25, 0.3) is 0 Å². The van der Waals surface area contributed by atoms with Crippen LogP contribution < -0.4 is 5.32 Å². The molecule has 0 aromatic heterocycles. The average Bonchev–Trinajstić information content (AvgIpc) is 2.38. The Bertz CT molecular complexity index is 437. The van der Waals surface area contributed by atoms with Crippen molar-refractivity contribution >= 4 is 15.9 Å². The van der Waals surface area contributed by atoms with E-state index >= 15 is 0 Å². The van der Waals surface area contributed by atoms with E-state index in [-0.39, 0.29) is 12.0 Å². The number of rotatable bonds is 6. The summed E-state index contributed by atoms with van der Waals surface area (Å²) in [5, 5.41) is 3.09. The molecule has 1 rings (SSSR count). The summed E-state index contributed by atoms with van der Waals surface area (Å²) in [7, 11) is 3.36. The normalized spacial score (nSPS) is 15.2. The van der Waals surface area contributed by atoms with Gasteiger partial charge in [-0.1, -0.05) is 22.9 Å². The first-order chi connectivity index (χ1) is 9.31. The number of alkyl halides is 3. The molecule has 0 bridgehead atoms. The third-order valence-corrected chi connectivity index (χ3v) is 4.04. The summed E-state index contributed by atoms with van der Waals surface area (Å²) in [5.74, 6) is 0.153. The zero-order valence-electron chi connectivity index (χ0n) is 11.7. The third-order valence-electron chi connectivity index (χ3n) is 3.32. The lowest BCUT2D eigenvalue weighted by Gasteiger charge is -2.25. The van der Waals surface area contributed by atoms with Crippen molar-refractivity contribution in [3.8, 4) is 0 Å². The first kappa shape index (κ1) is 17.5.